The van der Waals surface area contributed by atoms with Gasteiger partial charge in [-0.1, -0.05) is 0 Å². The lowest BCUT2D eigenvalue weighted by atomic mass is 10.1. The van der Waals surface area contributed by atoms with E-state index in [0.29, 0.717) is 6.54 Å². The molecule has 0 aliphatic carbocycles. The minimum Gasteiger partial charge on any atom is -0.490 e. The molecular weight excluding hydrogens is 436 g/mol. The molecule has 0 N–H and O–H groups in total. The van der Waals surface area contributed by atoms with Crippen LogP contribution in [-0.2, 0) is 4.74 Å². The fourth-order valence-electron chi connectivity index (χ4n) is 3.02. The number of ether oxygens (including phenoxy) is 3. The molecule has 1 saturated heterocycles. The third-order valence-electron chi connectivity index (χ3n) is 4.54. The maximum atomic E-state index is 13.4. The van der Waals surface area contributed by atoms with Gasteiger partial charge in [0.05, 0.1) is 24.3 Å². The molecule has 1 amide bonds. The molecule has 0 bridgehead atoms. The zero-order valence-electron chi connectivity index (χ0n) is 17.0. The van der Waals surface area contributed by atoms with Crippen LogP contribution in [0.15, 0.2) is 36.5 Å². The summed E-state index contributed by atoms with van der Waals surface area (Å²) in [4.78, 5) is 29.6. The van der Waals surface area contributed by atoms with Crippen LogP contribution in [0.3, 0.4) is 0 Å². The number of benzene rings is 1. The highest BCUT2D eigenvalue weighted by molar-refractivity contribution is 5.96. The summed E-state index contributed by atoms with van der Waals surface area (Å²) in [5.74, 6) is -1.32. The number of Topliss-reactive ketones (excluding diaryl/α,β-unsaturated/α-hetero) is 1. The molecule has 11 heteroatoms. The number of halogens is 4. The number of ketones is 1. The fourth-order valence-corrected chi connectivity index (χ4v) is 3.02. The Morgan fingerprint density at radius 2 is 2.00 bits per heavy atom. The number of amides is 1. The molecule has 1 fully saturated rings. The average molecular weight is 456 g/mol. The lowest BCUT2D eigenvalue weighted by molar-refractivity contribution is -0.154. The van der Waals surface area contributed by atoms with E-state index < -0.39 is 24.7 Å². The highest BCUT2D eigenvalue weighted by Gasteiger charge is 2.29. The van der Waals surface area contributed by atoms with Crippen LogP contribution in [-0.4, -0.2) is 66.8 Å². The van der Waals surface area contributed by atoms with Crippen molar-refractivity contribution >= 4 is 11.7 Å². The first-order valence-electron chi connectivity index (χ1n) is 9.62. The molecule has 3 rings (SSSR count). The van der Waals surface area contributed by atoms with Gasteiger partial charge in [0.15, 0.2) is 12.4 Å². The first kappa shape index (κ1) is 23.5. The summed E-state index contributed by atoms with van der Waals surface area (Å²) in [6.45, 7) is 0.574. The van der Waals surface area contributed by atoms with Gasteiger partial charge in [-0.15, -0.1) is 0 Å². The van der Waals surface area contributed by atoms with Crippen molar-refractivity contribution in [1.29, 1.82) is 0 Å². The lowest BCUT2D eigenvalue weighted by Crippen LogP contribution is -2.47. The second-order valence-electron chi connectivity index (χ2n) is 7.04. The Morgan fingerprint density at radius 1 is 1.22 bits per heavy atom. The molecule has 172 valence electrons. The number of nitrogens with zero attached hydrogens (tertiary/aromatic N) is 2. The van der Waals surface area contributed by atoms with Crippen LogP contribution < -0.4 is 9.47 Å². The Labute approximate surface area is 180 Å². The van der Waals surface area contributed by atoms with Gasteiger partial charge in [0, 0.05) is 18.8 Å². The van der Waals surface area contributed by atoms with Crippen LogP contribution in [0.25, 0.3) is 0 Å². The van der Waals surface area contributed by atoms with E-state index in [1.54, 1.807) is 0 Å². The van der Waals surface area contributed by atoms with Crippen molar-refractivity contribution in [2.75, 3.05) is 32.9 Å². The standard InChI is InChI=1S/C21H20F4N2O5/c1-13(28)17-8-15(22)3-4-18(17)31-11-16-10-27(6-7-30-16)20(29)14-2-5-19(26-9-14)32-12-21(23,24)25/h2-5,8-9,16H,6-7,10-12H2,1H3. The van der Waals surface area contributed by atoms with E-state index >= 15 is 0 Å². The van der Waals surface area contributed by atoms with Crippen LogP contribution in [0.1, 0.15) is 27.6 Å². The summed E-state index contributed by atoms with van der Waals surface area (Å²) < 4.78 is 65.8. The first-order chi connectivity index (χ1) is 15.1. The summed E-state index contributed by atoms with van der Waals surface area (Å²) in [5, 5.41) is 0. The van der Waals surface area contributed by atoms with Gasteiger partial charge in [0.2, 0.25) is 5.88 Å². The molecule has 1 aromatic heterocycles. The summed E-state index contributed by atoms with van der Waals surface area (Å²) in [6.07, 6.45) is -3.84. The fraction of sp³-hybridized carbons (Fsp3) is 0.381. The quantitative estimate of drug-likeness (QED) is 0.470. The van der Waals surface area contributed by atoms with Gasteiger partial charge in [-0.3, -0.25) is 9.59 Å². The topological polar surface area (TPSA) is 78.0 Å². The van der Waals surface area contributed by atoms with Crippen molar-refractivity contribution < 1.29 is 41.4 Å². The van der Waals surface area contributed by atoms with Gasteiger partial charge < -0.3 is 19.1 Å². The third kappa shape index (κ3) is 6.39. The number of carbonyl (C=O) groups is 2. The van der Waals surface area contributed by atoms with Gasteiger partial charge in [-0.2, -0.15) is 13.2 Å². The SMILES string of the molecule is CC(=O)c1cc(F)ccc1OCC1CN(C(=O)c2ccc(OCC(F)(F)F)nc2)CCO1. The molecule has 2 aromatic rings. The Hall–Kier alpha value is -3.21. The minimum absolute atomic E-state index is 0.0260. The summed E-state index contributed by atoms with van der Waals surface area (Å²) in [5.41, 5.74) is 0.288. The van der Waals surface area contributed by atoms with Gasteiger partial charge in [0.1, 0.15) is 24.3 Å². The number of pyridine rings is 1. The Bertz CT molecular complexity index is 966. The number of alkyl halides is 3. The van der Waals surface area contributed by atoms with E-state index in [2.05, 4.69) is 9.72 Å². The second kappa shape index (κ2) is 9.94. The van der Waals surface area contributed by atoms with E-state index in [1.165, 1.54) is 36.1 Å². The number of aromatic nitrogens is 1. The van der Waals surface area contributed by atoms with Crippen molar-refractivity contribution in [2.45, 2.75) is 19.2 Å². The average Bonchev–Trinajstić information content (AvgIpc) is 2.76. The van der Waals surface area contributed by atoms with Crippen LogP contribution in [0.2, 0.25) is 0 Å². The molecule has 0 radical (unpaired) electrons. The van der Waals surface area contributed by atoms with Crippen LogP contribution in [0.4, 0.5) is 17.6 Å². The van der Waals surface area contributed by atoms with Crippen LogP contribution in [0.5, 0.6) is 11.6 Å². The molecule has 0 spiro atoms. The molecule has 1 aliphatic rings. The summed E-state index contributed by atoms with van der Waals surface area (Å²) in [6, 6.07) is 6.14. The van der Waals surface area contributed by atoms with E-state index in [0.717, 1.165) is 12.3 Å². The van der Waals surface area contributed by atoms with E-state index in [9.17, 15) is 27.2 Å². The molecule has 1 aromatic carbocycles. The van der Waals surface area contributed by atoms with Crippen molar-refractivity contribution in [3.05, 3.63) is 53.5 Å². The Kier molecular flexibility index (Phi) is 7.29. The Morgan fingerprint density at radius 3 is 2.66 bits per heavy atom. The van der Waals surface area contributed by atoms with Crippen molar-refractivity contribution in [2.24, 2.45) is 0 Å². The molecule has 7 nitrogen and oxygen atoms in total. The predicted molar refractivity (Wildman–Crippen MR) is 103 cm³/mol. The highest BCUT2D eigenvalue weighted by atomic mass is 19.4. The van der Waals surface area contributed by atoms with Crippen LogP contribution in [0, 0.1) is 5.82 Å². The number of hydrogen-bond donors (Lipinski definition) is 0. The number of rotatable bonds is 7. The number of carbonyl (C=O) groups excluding carboxylic acids is 2. The van der Waals surface area contributed by atoms with Crippen molar-refractivity contribution in [1.82, 2.24) is 9.88 Å². The summed E-state index contributed by atoms with van der Waals surface area (Å²) in [7, 11) is 0. The molecular formula is C21H20F4N2O5. The van der Waals surface area contributed by atoms with Gasteiger partial charge >= 0.3 is 6.18 Å². The zero-order valence-corrected chi connectivity index (χ0v) is 17.0. The molecule has 32 heavy (non-hydrogen) atoms. The van der Waals surface area contributed by atoms with Gasteiger partial charge in [-0.05, 0) is 31.2 Å². The molecule has 0 saturated carbocycles. The number of morpholine rings is 1. The van der Waals surface area contributed by atoms with E-state index in [-0.39, 0.29) is 54.2 Å². The molecule has 1 atom stereocenters. The van der Waals surface area contributed by atoms with E-state index in [4.69, 9.17) is 9.47 Å². The minimum atomic E-state index is -4.49. The highest BCUT2D eigenvalue weighted by Crippen LogP contribution is 2.22. The predicted octanol–water partition coefficient (Wildman–Crippen LogP) is 3.28. The molecule has 2 heterocycles. The van der Waals surface area contributed by atoms with Gasteiger partial charge in [-0.25, -0.2) is 9.37 Å². The number of hydrogen-bond acceptors (Lipinski definition) is 6. The van der Waals surface area contributed by atoms with Crippen molar-refractivity contribution in [3.8, 4) is 11.6 Å². The van der Waals surface area contributed by atoms with Crippen molar-refractivity contribution in [3.63, 3.8) is 0 Å². The zero-order chi connectivity index (χ0) is 23.3. The third-order valence-corrected chi connectivity index (χ3v) is 4.54. The van der Waals surface area contributed by atoms with Crippen LogP contribution >= 0.6 is 0 Å². The lowest BCUT2D eigenvalue weighted by Gasteiger charge is -2.33. The monoisotopic (exact) mass is 456 g/mol. The maximum absolute atomic E-state index is 13.4. The largest absolute Gasteiger partial charge is 0.490 e. The Balaban J connectivity index is 1.57. The smallest absolute Gasteiger partial charge is 0.422 e. The molecule has 1 aliphatic heterocycles. The first-order valence-corrected chi connectivity index (χ1v) is 9.62. The normalized spacial score (nSPS) is 16.5. The summed E-state index contributed by atoms with van der Waals surface area (Å²) >= 11 is 0. The molecule has 1 unspecified atom stereocenters. The maximum Gasteiger partial charge on any atom is 0.422 e. The van der Waals surface area contributed by atoms with Gasteiger partial charge in [0.25, 0.3) is 5.91 Å². The van der Waals surface area contributed by atoms with E-state index in [1.807, 2.05) is 0 Å². The second-order valence-corrected chi connectivity index (χ2v) is 7.04.